The van der Waals surface area contributed by atoms with Crippen molar-refractivity contribution in [3.8, 4) is 0 Å². The summed E-state index contributed by atoms with van der Waals surface area (Å²) in [5, 5.41) is 6.74. The van der Waals surface area contributed by atoms with Crippen LogP contribution in [0.4, 0.5) is 0 Å². The van der Waals surface area contributed by atoms with Crippen LogP contribution in [-0.2, 0) is 11.3 Å². The number of aliphatic imine (C=N–C) groups is 1. The van der Waals surface area contributed by atoms with E-state index < -0.39 is 0 Å². The SMILES string of the molecule is CCNC(=NCC1(C(=O)N(C)C)CCCC1)NCCn1c(C)nc2ccccc21. The van der Waals surface area contributed by atoms with Crippen LogP contribution < -0.4 is 10.6 Å². The van der Waals surface area contributed by atoms with Crippen LogP contribution >= 0.6 is 0 Å². The van der Waals surface area contributed by atoms with Gasteiger partial charge >= 0.3 is 0 Å². The second-order valence-corrected chi connectivity index (χ2v) is 8.11. The zero-order valence-electron chi connectivity index (χ0n) is 18.2. The molecule has 3 rings (SSSR count). The van der Waals surface area contributed by atoms with E-state index in [1.165, 1.54) is 0 Å². The second kappa shape index (κ2) is 9.29. The minimum Gasteiger partial charge on any atom is -0.357 e. The molecule has 1 saturated carbocycles. The Hall–Kier alpha value is -2.57. The molecule has 1 heterocycles. The first-order valence-electron chi connectivity index (χ1n) is 10.6. The number of carbonyl (C=O) groups is 1. The molecule has 158 valence electrons. The number of hydrogen-bond acceptors (Lipinski definition) is 3. The second-order valence-electron chi connectivity index (χ2n) is 8.11. The summed E-state index contributed by atoms with van der Waals surface area (Å²) in [5.41, 5.74) is 1.83. The Balaban J connectivity index is 1.66. The van der Waals surface area contributed by atoms with Crippen molar-refractivity contribution in [1.82, 2.24) is 25.1 Å². The van der Waals surface area contributed by atoms with Crippen LogP contribution in [0.2, 0.25) is 0 Å². The van der Waals surface area contributed by atoms with Gasteiger partial charge in [-0.3, -0.25) is 9.79 Å². The van der Waals surface area contributed by atoms with Crippen molar-refractivity contribution in [2.24, 2.45) is 10.4 Å². The summed E-state index contributed by atoms with van der Waals surface area (Å²) in [6.07, 6.45) is 4.05. The lowest BCUT2D eigenvalue weighted by Crippen LogP contribution is -2.43. The zero-order valence-corrected chi connectivity index (χ0v) is 18.2. The summed E-state index contributed by atoms with van der Waals surface area (Å²) < 4.78 is 2.22. The quantitative estimate of drug-likeness (QED) is 0.555. The fraction of sp³-hybridized carbons (Fsp3) is 0.591. The first-order valence-corrected chi connectivity index (χ1v) is 10.6. The summed E-state index contributed by atoms with van der Waals surface area (Å²) >= 11 is 0. The molecule has 1 aromatic carbocycles. The average molecular weight is 399 g/mol. The molecule has 0 unspecified atom stereocenters. The van der Waals surface area contributed by atoms with Gasteiger partial charge in [0.15, 0.2) is 5.96 Å². The molecule has 0 radical (unpaired) electrons. The topological polar surface area (TPSA) is 74.6 Å². The molecule has 1 fully saturated rings. The highest BCUT2D eigenvalue weighted by atomic mass is 16.2. The number of nitrogens with one attached hydrogen (secondary N) is 2. The molecule has 2 aromatic rings. The maximum absolute atomic E-state index is 12.8. The summed E-state index contributed by atoms with van der Waals surface area (Å²) in [6.45, 7) is 6.96. The normalized spacial score (nSPS) is 16.2. The van der Waals surface area contributed by atoms with Crippen molar-refractivity contribution >= 4 is 22.9 Å². The molecular weight excluding hydrogens is 364 g/mol. The maximum Gasteiger partial charge on any atom is 0.230 e. The van der Waals surface area contributed by atoms with Crippen molar-refractivity contribution < 1.29 is 4.79 Å². The van der Waals surface area contributed by atoms with Gasteiger partial charge in [-0.05, 0) is 38.8 Å². The molecule has 7 heteroatoms. The fourth-order valence-electron chi connectivity index (χ4n) is 4.30. The molecule has 1 aromatic heterocycles. The molecule has 0 aliphatic heterocycles. The lowest BCUT2D eigenvalue weighted by Gasteiger charge is -2.29. The van der Waals surface area contributed by atoms with Gasteiger partial charge in [-0.1, -0.05) is 25.0 Å². The Morgan fingerprint density at radius 1 is 1.24 bits per heavy atom. The van der Waals surface area contributed by atoms with E-state index in [2.05, 4.69) is 33.2 Å². The highest BCUT2D eigenvalue weighted by molar-refractivity contribution is 5.84. The van der Waals surface area contributed by atoms with Crippen molar-refractivity contribution in [3.05, 3.63) is 30.1 Å². The number of benzene rings is 1. The van der Waals surface area contributed by atoms with Crippen LogP contribution in [0, 0.1) is 12.3 Å². The van der Waals surface area contributed by atoms with Crippen LogP contribution in [0.5, 0.6) is 0 Å². The van der Waals surface area contributed by atoms with Crippen LogP contribution in [-0.4, -0.2) is 60.0 Å². The Morgan fingerprint density at radius 3 is 2.66 bits per heavy atom. The third-order valence-corrected chi connectivity index (χ3v) is 5.78. The Morgan fingerprint density at radius 2 is 1.97 bits per heavy atom. The largest absolute Gasteiger partial charge is 0.357 e. The number of hydrogen-bond donors (Lipinski definition) is 2. The third-order valence-electron chi connectivity index (χ3n) is 5.78. The number of aromatic nitrogens is 2. The smallest absolute Gasteiger partial charge is 0.230 e. The third kappa shape index (κ3) is 4.71. The summed E-state index contributed by atoms with van der Waals surface area (Å²) in [7, 11) is 3.68. The molecule has 1 amide bonds. The van der Waals surface area contributed by atoms with E-state index in [9.17, 15) is 4.79 Å². The number of fused-ring (bicyclic) bond motifs is 1. The lowest BCUT2D eigenvalue weighted by atomic mass is 9.85. The number of imidazole rings is 1. The van der Waals surface area contributed by atoms with Gasteiger partial charge in [-0.2, -0.15) is 0 Å². The molecule has 2 N–H and O–H groups in total. The number of nitrogens with zero attached hydrogens (tertiary/aromatic N) is 4. The van der Waals surface area contributed by atoms with Crippen molar-refractivity contribution in [2.45, 2.75) is 46.1 Å². The van der Waals surface area contributed by atoms with Gasteiger partial charge < -0.3 is 20.1 Å². The summed E-state index contributed by atoms with van der Waals surface area (Å²) in [4.78, 5) is 23.9. The van der Waals surface area contributed by atoms with Crippen LogP contribution in [0.1, 0.15) is 38.4 Å². The van der Waals surface area contributed by atoms with E-state index >= 15 is 0 Å². The highest BCUT2D eigenvalue weighted by Crippen LogP contribution is 2.39. The minimum atomic E-state index is -0.344. The number of rotatable bonds is 7. The van der Waals surface area contributed by atoms with E-state index in [0.29, 0.717) is 6.54 Å². The monoisotopic (exact) mass is 398 g/mol. The Bertz CT molecular complexity index is 863. The zero-order chi connectivity index (χ0) is 20.9. The van der Waals surface area contributed by atoms with Gasteiger partial charge in [-0.25, -0.2) is 4.98 Å². The van der Waals surface area contributed by atoms with Crippen LogP contribution in [0.15, 0.2) is 29.3 Å². The molecule has 1 aliphatic rings. The van der Waals surface area contributed by atoms with E-state index in [0.717, 1.165) is 68.1 Å². The van der Waals surface area contributed by atoms with Crippen LogP contribution in [0.3, 0.4) is 0 Å². The van der Waals surface area contributed by atoms with Crippen molar-refractivity contribution in [2.75, 3.05) is 33.7 Å². The first kappa shape index (κ1) is 21.1. The van der Waals surface area contributed by atoms with Gasteiger partial charge in [0.25, 0.3) is 0 Å². The predicted octanol–water partition coefficient (Wildman–Crippen LogP) is 2.55. The van der Waals surface area contributed by atoms with Gasteiger partial charge in [0, 0.05) is 33.7 Å². The van der Waals surface area contributed by atoms with E-state index in [-0.39, 0.29) is 11.3 Å². The maximum atomic E-state index is 12.8. The molecule has 29 heavy (non-hydrogen) atoms. The van der Waals surface area contributed by atoms with Gasteiger partial charge in [0.2, 0.25) is 5.91 Å². The molecule has 0 atom stereocenters. The van der Waals surface area contributed by atoms with E-state index in [1.54, 1.807) is 4.90 Å². The molecule has 0 bridgehead atoms. The van der Waals surface area contributed by atoms with Gasteiger partial charge in [0.05, 0.1) is 23.0 Å². The standard InChI is InChI=1S/C22H34N6O/c1-5-23-21(25-16-22(12-8-9-13-22)20(29)27(3)4)24-14-15-28-17(2)26-18-10-6-7-11-19(18)28/h6-7,10-11H,5,8-9,12-16H2,1-4H3,(H2,23,24,25). The Labute approximate surface area is 173 Å². The number of guanidine groups is 1. The molecule has 7 nitrogen and oxygen atoms in total. The summed E-state index contributed by atoms with van der Waals surface area (Å²) in [6, 6.07) is 8.20. The Kier molecular flexibility index (Phi) is 6.77. The lowest BCUT2D eigenvalue weighted by molar-refractivity contribution is -0.138. The molecule has 0 spiro atoms. The number of aryl methyl sites for hydroxylation is 1. The number of amides is 1. The van der Waals surface area contributed by atoms with Gasteiger partial charge in [-0.15, -0.1) is 0 Å². The summed E-state index contributed by atoms with van der Waals surface area (Å²) in [5.74, 6) is 1.99. The number of para-hydroxylation sites is 2. The van der Waals surface area contributed by atoms with E-state index in [1.807, 2.05) is 39.2 Å². The highest BCUT2D eigenvalue weighted by Gasteiger charge is 2.42. The average Bonchev–Trinajstić information content (AvgIpc) is 3.31. The minimum absolute atomic E-state index is 0.204. The molecule has 1 aliphatic carbocycles. The van der Waals surface area contributed by atoms with Crippen LogP contribution in [0.25, 0.3) is 11.0 Å². The molecule has 0 saturated heterocycles. The first-order chi connectivity index (χ1) is 14.0. The van der Waals surface area contributed by atoms with Crippen molar-refractivity contribution in [3.63, 3.8) is 0 Å². The fourth-order valence-corrected chi connectivity index (χ4v) is 4.30. The number of carbonyl (C=O) groups excluding carboxylic acids is 1. The van der Waals surface area contributed by atoms with Gasteiger partial charge in [0.1, 0.15) is 5.82 Å². The predicted molar refractivity (Wildman–Crippen MR) is 118 cm³/mol. The van der Waals surface area contributed by atoms with Crippen molar-refractivity contribution in [1.29, 1.82) is 0 Å². The molecular formula is C22H34N6O. The van der Waals surface area contributed by atoms with E-state index in [4.69, 9.17) is 4.99 Å².